The minimum absolute atomic E-state index is 0.00229. The molecule has 0 aliphatic carbocycles. The molecule has 0 fully saturated rings. The van der Waals surface area contributed by atoms with Gasteiger partial charge in [0.25, 0.3) is 0 Å². The van der Waals surface area contributed by atoms with E-state index < -0.39 is 17.5 Å². The Morgan fingerprint density at radius 2 is 1.68 bits per heavy atom. The van der Waals surface area contributed by atoms with Crippen LogP contribution < -0.4 is 0 Å². The highest BCUT2D eigenvalue weighted by Gasteiger charge is 2.30. The predicted octanol–water partition coefficient (Wildman–Crippen LogP) is 7.05. The lowest BCUT2D eigenvalue weighted by atomic mass is 9.94. The van der Waals surface area contributed by atoms with Crippen molar-refractivity contribution in [2.24, 2.45) is 0 Å². The van der Waals surface area contributed by atoms with E-state index in [9.17, 15) is 14.7 Å². The number of aliphatic carboxylic acids is 1. The fourth-order valence-corrected chi connectivity index (χ4v) is 4.32. The third kappa shape index (κ3) is 13.2. The molecule has 0 unspecified atom stereocenters. The molecule has 2 atom stereocenters. The van der Waals surface area contributed by atoms with E-state index in [0.29, 0.717) is 12.8 Å². The molecular weight excluding hydrogens is 448 g/mol. The Balaban J connectivity index is 2.74. The van der Waals surface area contributed by atoms with E-state index in [4.69, 9.17) is 10.2 Å². The molecule has 0 spiro atoms. The zero-order chi connectivity index (χ0) is 25.2. The zero-order valence-electron chi connectivity index (χ0n) is 20.2. The van der Waals surface area contributed by atoms with Crippen LogP contribution in [0.5, 0.6) is 0 Å². The van der Waals surface area contributed by atoms with Gasteiger partial charge in [0.1, 0.15) is 0 Å². The molecule has 186 valence electrons. The Bertz CT molecular complexity index is 850. The highest BCUT2D eigenvalue weighted by Crippen LogP contribution is 2.34. The molecule has 1 aromatic carbocycles. The van der Waals surface area contributed by atoms with E-state index in [1.807, 2.05) is 30.4 Å². The summed E-state index contributed by atoms with van der Waals surface area (Å²) in [4.78, 5) is 22.8. The van der Waals surface area contributed by atoms with Crippen molar-refractivity contribution >= 4 is 23.7 Å². The second-order valence-corrected chi connectivity index (χ2v) is 9.59. The summed E-state index contributed by atoms with van der Waals surface area (Å²) in [7, 11) is 0. The van der Waals surface area contributed by atoms with E-state index in [0.717, 1.165) is 17.7 Å². The van der Waals surface area contributed by atoms with E-state index in [-0.39, 0.29) is 17.2 Å². The summed E-state index contributed by atoms with van der Waals surface area (Å²) in [5.74, 6) is -1.87. The molecule has 0 bridgehead atoms. The monoisotopic (exact) mass is 486 g/mol. The summed E-state index contributed by atoms with van der Waals surface area (Å²) in [6.07, 6.45) is 22.5. The van der Waals surface area contributed by atoms with Crippen LogP contribution in [0.1, 0.15) is 75.6 Å². The number of thioether (sulfide) groups is 1. The van der Waals surface area contributed by atoms with Gasteiger partial charge in [-0.2, -0.15) is 0 Å². The fourth-order valence-electron chi connectivity index (χ4n) is 3.19. The Hall–Kier alpha value is -2.57. The minimum Gasteiger partial charge on any atom is -0.481 e. The number of carbonyl (C=O) groups is 2. The van der Waals surface area contributed by atoms with Crippen molar-refractivity contribution in [3.8, 4) is 0 Å². The summed E-state index contributed by atoms with van der Waals surface area (Å²) in [6, 6.07) is 6.51. The molecule has 0 radical (unpaired) electrons. The van der Waals surface area contributed by atoms with Gasteiger partial charge in [-0.1, -0.05) is 68.4 Å². The van der Waals surface area contributed by atoms with Crippen LogP contribution in [0.25, 0.3) is 0 Å². The molecule has 0 heterocycles. The minimum atomic E-state index is -1.13. The number of rotatable bonds is 17. The Morgan fingerprint density at radius 1 is 0.971 bits per heavy atom. The maximum Gasteiger partial charge on any atom is 0.335 e. The number of carboxylic acid groups (broad SMARTS) is 2. The maximum absolute atomic E-state index is 11.1. The first-order chi connectivity index (χ1) is 16.3. The molecule has 0 aliphatic rings. The summed E-state index contributed by atoms with van der Waals surface area (Å²) >= 11 is 1.42. The largest absolute Gasteiger partial charge is 0.481 e. The molecule has 5 nitrogen and oxygen atoms in total. The smallest absolute Gasteiger partial charge is 0.335 e. The van der Waals surface area contributed by atoms with Crippen molar-refractivity contribution in [1.82, 2.24) is 0 Å². The van der Waals surface area contributed by atoms with Crippen LogP contribution in [-0.4, -0.2) is 38.1 Å². The van der Waals surface area contributed by atoms with Gasteiger partial charge in [0, 0.05) is 11.3 Å². The maximum atomic E-state index is 11.1. The fraction of sp³-hybridized carbons (Fsp3) is 0.429. The predicted molar refractivity (Wildman–Crippen MR) is 140 cm³/mol. The molecule has 0 saturated heterocycles. The van der Waals surface area contributed by atoms with Crippen LogP contribution in [0.4, 0.5) is 0 Å². The first-order valence-corrected chi connectivity index (χ1v) is 12.7. The number of aromatic carboxylic acids is 1. The summed E-state index contributed by atoms with van der Waals surface area (Å²) in [5.41, 5.74) is -0.927. The van der Waals surface area contributed by atoms with E-state index in [2.05, 4.69) is 25.2 Å². The van der Waals surface area contributed by atoms with Gasteiger partial charge >= 0.3 is 11.9 Å². The summed E-state index contributed by atoms with van der Waals surface area (Å²) in [6.45, 7) is 3.91. The van der Waals surface area contributed by atoms with Gasteiger partial charge < -0.3 is 15.3 Å². The van der Waals surface area contributed by atoms with Crippen molar-refractivity contribution in [2.75, 3.05) is 0 Å². The third-order valence-corrected chi connectivity index (χ3v) is 6.68. The number of unbranched alkanes of at least 4 members (excludes halogenated alkanes) is 3. The molecule has 6 heteroatoms. The van der Waals surface area contributed by atoms with Crippen LogP contribution in [0.3, 0.4) is 0 Å². The zero-order valence-corrected chi connectivity index (χ0v) is 21.0. The Morgan fingerprint density at radius 3 is 2.32 bits per heavy atom. The normalized spacial score (nSPS) is 14.9. The van der Waals surface area contributed by atoms with Crippen LogP contribution >= 0.6 is 11.8 Å². The van der Waals surface area contributed by atoms with Crippen LogP contribution in [0.15, 0.2) is 77.8 Å². The van der Waals surface area contributed by atoms with Crippen molar-refractivity contribution in [2.45, 2.75) is 81.0 Å². The van der Waals surface area contributed by atoms with Gasteiger partial charge in [-0.15, -0.1) is 11.8 Å². The Kier molecular flexibility index (Phi) is 14.7. The number of hydrogen-bond donors (Lipinski definition) is 3. The molecule has 3 N–H and O–H groups in total. The average molecular weight is 487 g/mol. The van der Waals surface area contributed by atoms with Crippen molar-refractivity contribution in [1.29, 1.82) is 0 Å². The molecule has 34 heavy (non-hydrogen) atoms. The van der Waals surface area contributed by atoms with Crippen LogP contribution in [0, 0.1) is 0 Å². The number of carboxylic acids is 2. The van der Waals surface area contributed by atoms with Crippen molar-refractivity contribution in [3.05, 3.63) is 78.4 Å². The van der Waals surface area contributed by atoms with Gasteiger partial charge in [0.15, 0.2) is 0 Å². The molecule has 0 aromatic heterocycles. The highest BCUT2D eigenvalue weighted by molar-refractivity contribution is 8.00. The van der Waals surface area contributed by atoms with Gasteiger partial charge in [-0.05, 0) is 63.3 Å². The number of aliphatic hydroxyl groups is 1. The highest BCUT2D eigenvalue weighted by atomic mass is 32.2. The average Bonchev–Trinajstić information content (AvgIpc) is 2.78. The lowest BCUT2D eigenvalue weighted by Gasteiger charge is -2.30. The summed E-state index contributed by atoms with van der Waals surface area (Å²) in [5, 5.41) is 28.7. The van der Waals surface area contributed by atoms with E-state index in [1.54, 1.807) is 19.1 Å². The number of hydrogen-bond acceptors (Lipinski definition) is 4. The molecular formula is C28H38O5S. The van der Waals surface area contributed by atoms with Gasteiger partial charge in [-0.3, -0.25) is 4.79 Å². The molecule has 1 aromatic rings. The van der Waals surface area contributed by atoms with Crippen LogP contribution in [-0.2, 0) is 4.79 Å². The van der Waals surface area contributed by atoms with Gasteiger partial charge in [0.2, 0.25) is 0 Å². The SMILES string of the molecule is CCCCCC=CCC=CC=CC=C[C@@H](Sc1ccc(C(=O)O)cc1)[C@@](C)(O)CCCC(=O)O. The Labute approximate surface area is 208 Å². The molecule has 1 rings (SSSR count). The molecule has 0 saturated carbocycles. The molecule has 0 amide bonds. The van der Waals surface area contributed by atoms with E-state index in [1.165, 1.54) is 43.2 Å². The van der Waals surface area contributed by atoms with Gasteiger partial charge in [0.05, 0.1) is 16.4 Å². The first kappa shape index (κ1) is 29.5. The molecule has 0 aliphatic heterocycles. The third-order valence-electron chi connectivity index (χ3n) is 5.22. The van der Waals surface area contributed by atoms with E-state index >= 15 is 0 Å². The second kappa shape index (κ2) is 17.0. The first-order valence-electron chi connectivity index (χ1n) is 11.9. The standard InChI is InChI=1S/C28H38O5S/c1-3-4-5-6-7-8-9-10-11-12-13-14-16-25(28(2,33)22-15-17-26(29)30)34-24-20-18-23(19-21-24)27(31)32/h7-8,10-14,16,18-21,25,33H,3-6,9,15,17,22H2,1-2H3,(H,29,30)(H,31,32)/t25-,28+/m1/s1. The van der Waals surface area contributed by atoms with Gasteiger partial charge in [-0.25, -0.2) is 4.79 Å². The van der Waals surface area contributed by atoms with Crippen LogP contribution in [0.2, 0.25) is 0 Å². The number of benzene rings is 1. The number of allylic oxidation sites excluding steroid dienone is 7. The second-order valence-electron chi connectivity index (χ2n) is 8.37. The topological polar surface area (TPSA) is 94.8 Å². The van der Waals surface area contributed by atoms with Crippen molar-refractivity contribution < 1.29 is 24.9 Å². The lowest BCUT2D eigenvalue weighted by molar-refractivity contribution is -0.137. The quantitative estimate of drug-likeness (QED) is 0.0945. The van der Waals surface area contributed by atoms with Crippen molar-refractivity contribution in [3.63, 3.8) is 0 Å². The summed E-state index contributed by atoms with van der Waals surface area (Å²) < 4.78 is 0. The lowest BCUT2D eigenvalue weighted by Crippen LogP contribution is -2.36.